The monoisotopic (exact) mass is 355 g/mol. The molecule has 1 aromatic rings. The van der Waals surface area contributed by atoms with Crippen molar-refractivity contribution in [2.24, 2.45) is 11.8 Å². The van der Waals surface area contributed by atoms with Crippen molar-refractivity contribution in [1.82, 2.24) is 10.2 Å². The van der Waals surface area contributed by atoms with Gasteiger partial charge >= 0.3 is 0 Å². The second kappa shape index (κ2) is 7.46. The molecule has 1 atom stereocenters. The first kappa shape index (κ1) is 18.4. The van der Waals surface area contributed by atoms with Crippen LogP contribution in [0, 0.1) is 23.2 Å². The Morgan fingerprint density at radius 3 is 2.81 bits per heavy atom. The summed E-state index contributed by atoms with van der Waals surface area (Å²) in [6, 6.07) is 8.85. The van der Waals surface area contributed by atoms with Crippen molar-refractivity contribution in [3.05, 3.63) is 35.4 Å². The Bertz CT molecular complexity index is 722. The average Bonchev–Trinajstić information content (AvgIpc) is 2.64. The van der Waals surface area contributed by atoms with Gasteiger partial charge in [0.05, 0.1) is 31.3 Å². The molecule has 2 amide bonds. The highest BCUT2D eigenvalue weighted by atomic mass is 16.5. The van der Waals surface area contributed by atoms with Crippen LogP contribution in [0.1, 0.15) is 42.6 Å². The smallest absolute Gasteiger partial charge is 0.254 e. The minimum Gasteiger partial charge on any atom is -0.371 e. The number of rotatable bonds is 4. The van der Waals surface area contributed by atoms with Crippen molar-refractivity contribution in [2.45, 2.75) is 32.3 Å². The predicted octanol–water partition coefficient (Wildman–Crippen LogP) is 1.95. The average molecular weight is 355 g/mol. The number of amides is 2. The van der Waals surface area contributed by atoms with E-state index < -0.39 is 0 Å². The first-order chi connectivity index (χ1) is 12.4. The number of nitrogens with one attached hydrogen (secondary N) is 1. The molecule has 6 nitrogen and oxygen atoms in total. The van der Waals surface area contributed by atoms with E-state index in [2.05, 4.69) is 11.4 Å². The molecule has 3 rings (SSSR count). The Labute approximate surface area is 154 Å². The zero-order chi connectivity index (χ0) is 18.7. The summed E-state index contributed by atoms with van der Waals surface area (Å²) in [5, 5.41) is 11.9. The van der Waals surface area contributed by atoms with E-state index in [1.807, 2.05) is 13.8 Å². The third-order valence-corrected chi connectivity index (χ3v) is 5.21. The number of ether oxygens (including phenoxy) is 1. The van der Waals surface area contributed by atoms with Gasteiger partial charge in [0.25, 0.3) is 5.91 Å². The molecule has 0 bridgehead atoms. The number of carbonyl (C=O) groups is 2. The molecule has 2 aliphatic rings. The maximum Gasteiger partial charge on any atom is 0.254 e. The van der Waals surface area contributed by atoms with Gasteiger partial charge in [0.1, 0.15) is 5.60 Å². The lowest BCUT2D eigenvalue weighted by atomic mass is 9.82. The Morgan fingerprint density at radius 1 is 1.42 bits per heavy atom. The first-order valence-electron chi connectivity index (χ1n) is 9.13. The highest BCUT2D eigenvalue weighted by Gasteiger charge is 2.48. The molecule has 0 saturated carbocycles. The Kier molecular flexibility index (Phi) is 5.28. The van der Waals surface area contributed by atoms with Crippen LogP contribution in [0.25, 0.3) is 0 Å². The molecule has 6 heteroatoms. The van der Waals surface area contributed by atoms with Crippen LogP contribution < -0.4 is 5.32 Å². The van der Waals surface area contributed by atoms with Crippen LogP contribution in [0.5, 0.6) is 0 Å². The summed E-state index contributed by atoms with van der Waals surface area (Å²) in [5.74, 6) is 0.352. The molecule has 2 fully saturated rings. The molecule has 2 heterocycles. The molecular weight excluding hydrogens is 330 g/mol. The van der Waals surface area contributed by atoms with Crippen molar-refractivity contribution in [2.75, 3.05) is 26.2 Å². The fourth-order valence-corrected chi connectivity index (χ4v) is 3.47. The number of hydrogen-bond acceptors (Lipinski definition) is 4. The Morgan fingerprint density at radius 2 is 2.19 bits per heavy atom. The van der Waals surface area contributed by atoms with Gasteiger partial charge in [-0.15, -0.1) is 0 Å². The number of nitrogens with zero attached hydrogens (tertiary/aromatic N) is 2. The first-order valence-corrected chi connectivity index (χ1v) is 9.13. The van der Waals surface area contributed by atoms with E-state index in [1.54, 1.807) is 29.2 Å². The SMILES string of the molecule is CC(C)C(=O)NC[C@@H]1CCC2(CN(C(=O)c3cccc(C#N)c3)C2)OC1. The van der Waals surface area contributed by atoms with Crippen LogP contribution in [-0.4, -0.2) is 48.6 Å². The summed E-state index contributed by atoms with van der Waals surface area (Å²) in [6.07, 6.45) is 1.89. The van der Waals surface area contributed by atoms with E-state index in [-0.39, 0.29) is 23.3 Å². The van der Waals surface area contributed by atoms with Crippen LogP contribution in [-0.2, 0) is 9.53 Å². The van der Waals surface area contributed by atoms with Gasteiger partial charge in [0, 0.05) is 18.0 Å². The molecule has 0 aromatic heterocycles. The highest BCUT2D eigenvalue weighted by Crippen LogP contribution is 2.36. The molecule has 1 aromatic carbocycles. The van der Waals surface area contributed by atoms with Crippen LogP contribution >= 0.6 is 0 Å². The van der Waals surface area contributed by atoms with Gasteiger partial charge in [-0.25, -0.2) is 0 Å². The van der Waals surface area contributed by atoms with Gasteiger partial charge in [-0.05, 0) is 37.0 Å². The van der Waals surface area contributed by atoms with Crippen molar-refractivity contribution in [1.29, 1.82) is 5.26 Å². The van der Waals surface area contributed by atoms with E-state index >= 15 is 0 Å². The van der Waals surface area contributed by atoms with Crippen LogP contribution in [0.3, 0.4) is 0 Å². The zero-order valence-corrected chi connectivity index (χ0v) is 15.3. The predicted molar refractivity (Wildman–Crippen MR) is 96.3 cm³/mol. The van der Waals surface area contributed by atoms with Crippen LogP contribution in [0.4, 0.5) is 0 Å². The number of benzene rings is 1. The van der Waals surface area contributed by atoms with Crippen molar-refractivity contribution in [3.63, 3.8) is 0 Å². The summed E-state index contributed by atoms with van der Waals surface area (Å²) in [7, 11) is 0. The molecule has 26 heavy (non-hydrogen) atoms. The summed E-state index contributed by atoms with van der Waals surface area (Å²) in [5.41, 5.74) is 0.802. The van der Waals surface area contributed by atoms with E-state index in [1.165, 1.54) is 0 Å². The van der Waals surface area contributed by atoms with E-state index in [0.717, 1.165) is 12.8 Å². The zero-order valence-electron chi connectivity index (χ0n) is 15.3. The van der Waals surface area contributed by atoms with Crippen LogP contribution in [0.15, 0.2) is 24.3 Å². The molecule has 138 valence electrons. The molecule has 0 aliphatic carbocycles. The van der Waals surface area contributed by atoms with Crippen molar-refractivity contribution >= 4 is 11.8 Å². The third-order valence-electron chi connectivity index (χ3n) is 5.21. The maximum atomic E-state index is 12.5. The Balaban J connectivity index is 1.47. The Hall–Kier alpha value is -2.39. The highest BCUT2D eigenvalue weighted by molar-refractivity contribution is 5.95. The third kappa shape index (κ3) is 3.88. The molecule has 1 N–H and O–H groups in total. The molecular formula is C20H25N3O3. The molecule has 2 saturated heterocycles. The maximum absolute atomic E-state index is 12.5. The molecule has 0 radical (unpaired) electrons. The van der Waals surface area contributed by atoms with Gasteiger partial charge < -0.3 is 15.0 Å². The summed E-state index contributed by atoms with van der Waals surface area (Å²) in [4.78, 5) is 26.0. The quantitative estimate of drug-likeness (QED) is 0.895. The van der Waals surface area contributed by atoms with Gasteiger partial charge in [0.2, 0.25) is 5.91 Å². The second-order valence-electron chi connectivity index (χ2n) is 7.65. The lowest BCUT2D eigenvalue weighted by Gasteiger charge is -2.52. The normalized spacial score (nSPS) is 21.2. The lowest BCUT2D eigenvalue weighted by Crippen LogP contribution is -2.66. The number of carbonyl (C=O) groups excluding carboxylic acids is 2. The van der Waals surface area contributed by atoms with Gasteiger partial charge in [0.15, 0.2) is 0 Å². The lowest BCUT2D eigenvalue weighted by molar-refractivity contribution is -0.166. The molecule has 1 spiro atoms. The standard InChI is InChI=1S/C20H25N3O3/c1-14(2)18(24)22-10-16-6-7-20(26-11-16)12-23(13-20)19(25)17-5-3-4-15(8-17)9-21/h3-5,8,14,16H,6-7,10-13H2,1-2H3,(H,22,24)/t16-/m0/s1. The fourth-order valence-electron chi connectivity index (χ4n) is 3.47. The van der Waals surface area contributed by atoms with Gasteiger partial charge in [-0.2, -0.15) is 5.26 Å². The van der Waals surface area contributed by atoms with E-state index in [9.17, 15) is 9.59 Å². The minimum absolute atomic E-state index is 0.00316. The largest absolute Gasteiger partial charge is 0.371 e. The number of hydrogen-bond donors (Lipinski definition) is 1. The molecule has 2 aliphatic heterocycles. The number of likely N-dealkylation sites (tertiary alicyclic amines) is 1. The van der Waals surface area contributed by atoms with Crippen molar-refractivity contribution in [3.8, 4) is 6.07 Å². The van der Waals surface area contributed by atoms with Crippen molar-refractivity contribution < 1.29 is 14.3 Å². The second-order valence-corrected chi connectivity index (χ2v) is 7.65. The number of nitriles is 1. The summed E-state index contributed by atoms with van der Waals surface area (Å²) in [6.45, 7) is 6.21. The van der Waals surface area contributed by atoms with Gasteiger partial charge in [-0.1, -0.05) is 19.9 Å². The molecule has 0 unspecified atom stereocenters. The minimum atomic E-state index is -0.235. The van der Waals surface area contributed by atoms with E-state index in [4.69, 9.17) is 10.00 Å². The summed E-state index contributed by atoms with van der Waals surface area (Å²) >= 11 is 0. The van der Waals surface area contributed by atoms with E-state index in [0.29, 0.717) is 43.3 Å². The fraction of sp³-hybridized carbons (Fsp3) is 0.550. The van der Waals surface area contributed by atoms with Gasteiger partial charge in [-0.3, -0.25) is 9.59 Å². The summed E-state index contributed by atoms with van der Waals surface area (Å²) < 4.78 is 6.07. The van der Waals surface area contributed by atoms with Crippen LogP contribution in [0.2, 0.25) is 0 Å². The topological polar surface area (TPSA) is 82.4 Å².